The van der Waals surface area contributed by atoms with Crippen molar-refractivity contribution in [1.82, 2.24) is 4.90 Å². The third-order valence-electron chi connectivity index (χ3n) is 4.87. The summed E-state index contributed by atoms with van der Waals surface area (Å²) in [6.07, 6.45) is 0. The van der Waals surface area contributed by atoms with Crippen molar-refractivity contribution >= 4 is 28.9 Å². The number of anilines is 2. The molecule has 1 heterocycles. The maximum Gasteiger partial charge on any atom is 0.243 e. The molecule has 4 nitrogen and oxygen atoms in total. The van der Waals surface area contributed by atoms with E-state index in [9.17, 15) is 4.79 Å². The van der Waals surface area contributed by atoms with Crippen LogP contribution < -0.4 is 9.80 Å². The van der Waals surface area contributed by atoms with Gasteiger partial charge in [0, 0.05) is 49.6 Å². The van der Waals surface area contributed by atoms with Crippen LogP contribution in [0, 0.1) is 0 Å². The average molecular weight is 358 g/mol. The molecule has 1 amide bonds. The number of rotatable bonds is 4. The van der Waals surface area contributed by atoms with Crippen LogP contribution in [0.15, 0.2) is 54.6 Å². The second kappa shape index (κ2) is 7.89. The number of hydrogen-bond acceptors (Lipinski definition) is 3. The molecule has 0 radical (unpaired) electrons. The van der Waals surface area contributed by atoms with E-state index in [1.165, 1.54) is 0 Å². The predicted octanol–water partition coefficient (Wildman–Crippen LogP) is 3.51. The molecule has 0 spiro atoms. The van der Waals surface area contributed by atoms with Crippen molar-refractivity contribution in [3.05, 3.63) is 59.6 Å². The van der Waals surface area contributed by atoms with Gasteiger partial charge in [0.2, 0.25) is 5.91 Å². The normalized spacial score (nSPS) is 16.5. The Labute approximate surface area is 154 Å². The highest BCUT2D eigenvalue weighted by atomic mass is 35.5. The van der Waals surface area contributed by atoms with Crippen molar-refractivity contribution in [2.24, 2.45) is 0 Å². The van der Waals surface area contributed by atoms with E-state index < -0.39 is 0 Å². The summed E-state index contributed by atoms with van der Waals surface area (Å²) < 4.78 is 0. The number of likely N-dealkylation sites (N-methyl/N-ethyl adjacent to an activating group) is 1. The van der Waals surface area contributed by atoms with E-state index in [4.69, 9.17) is 11.6 Å². The van der Waals surface area contributed by atoms with Gasteiger partial charge in [-0.05, 0) is 37.3 Å². The van der Waals surface area contributed by atoms with Crippen molar-refractivity contribution in [3.63, 3.8) is 0 Å². The van der Waals surface area contributed by atoms with Crippen LogP contribution in [0.3, 0.4) is 0 Å². The molecule has 0 saturated carbocycles. The summed E-state index contributed by atoms with van der Waals surface area (Å²) >= 11 is 6.09. The first-order valence-corrected chi connectivity index (χ1v) is 9.01. The fourth-order valence-corrected chi connectivity index (χ4v) is 3.44. The number of benzene rings is 2. The lowest BCUT2D eigenvalue weighted by Gasteiger charge is -2.39. The van der Waals surface area contributed by atoms with Crippen LogP contribution in [0.5, 0.6) is 0 Å². The maximum absolute atomic E-state index is 12.8. The van der Waals surface area contributed by atoms with E-state index in [2.05, 4.69) is 15.9 Å². The minimum Gasteiger partial charge on any atom is -0.369 e. The minimum atomic E-state index is -0.133. The molecule has 3 rings (SSSR count). The Morgan fingerprint density at radius 1 is 1.04 bits per heavy atom. The zero-order chi connectivity index (χ0) is 17.8. The van der Waals surface area contributed by atoms with Gasteiger partial charge in [-0.15, -0.1) is 0 Å². The molecule has 5 heteroatoms. The lowest BCUT2D eigenvalue weighted by molar-refractivity contribution is -0.123. The number of carbonyl (C=O) groups excluding carboxylic acids is 1. The van der Waals surface area contributed by atoms with E-state index in [1.807, 2.05) is 62.5 Å². The number of nitrogens with zero attached hydrogens (tertiary/aromatic N) is 3. The summed E-state index contributed by atoms with van der Waals surface area (Å²) in [6.45, 7) is 5.51. The van der Waals surface area contributed by atoms with E-state index in [1.54, 1.807) is 4.90 Å². The van der Waals surface area contributed by atoms with Gasteiger partial charge < -0.3 is 9.80 Å². The molecule has 2 aromatic rings. The van der Waals surface area contributed by atoms with Gasteiger partial charge in [0.1, 0.15) is 0 Å². The van der Waals surface area contributed by atoms with Gasteiger partial charge in [0.05, 0.1) is 6.04 Å². The summed E-state index contributed by atoms with van der Waals surface area (Å²) in [5, 5.41) is 0.757. The Kier molecular flexibility index (Phi) is 5.61. The summed E-state index contributed by atoms with van der Waals surface area (Å²) in [5.74, 6) is 0.127. The van der Waals surface area contributed by atoms with Crippen molar-refractivity contribution < 1.29 is 4.79 Å². The zero-order valence-corrected chi connectivity index (χ0v) is 15.5. The average Bonchev–Trinajstić information content (AvgIpc) is 2.67. The number of para-hydroxylation sites is 1. The first-order valence-electron chi connectivity index (χ1n) is 8.63. The van der Waals surface area contributed by atoms with Crippen LogP contribution in [0.2, 0.25) is 5.02 Å². The number of hydrogen-bond donors (Lipinski definition) is 0. The third-order valence-corrected chi connectivity index (χ3v) is 5.10. The third kappa shape index (κ3) is 4.14. The largest absolute Gasteiger partial charge is 0.369 e. The molecule has 0 bridgehead atoms. The summed E-state index contributed by atoms with van der Waals surface area (Å²) in [6, 6.07) is 17.6. The molecular weight excluding hydrogens is 334 g/mol. The highest BCUT2D eigenvalue weighted by Crippen LogP contribution is 2.22. The predicted molar refractivity (Wildman–Crippen MR) is 105 cm³/mol. The Bertz CT molecular complexity index is 714. The topological polar surface area (TPSA) is 26.8 Å². The molecule has 1 saturated heterocycles. The molecule has 0 aromatic heterocycles. The monoisotopic (exact) mass is 357 g/mol. The molecule has 0 N–H and O–H groups in total. The van der Waals surface area contributed by atoms with Gasteiger partial charge in [-0.1, -0.05) is 35.9 Å². The van der Waals surface area contributed by atoms with Crippen molar-refractivity contribution in [3.8, 4) is 0 Å². The molecule has 25 heavy (non-hydrogen) atoms. The van der Waals surface area contributed by atoms with Crippen LogP contribution in [0.1, 0.15) is 6.92 Å². The second-order valence-electron chi connectivity index (χ2n) is 6.41. The standard InChI is InChI=1S/C20H24ClN3O/c1-16(20(25)22(2)18-8-4-3-5-9-18)23-11-13-24(14-12-23)19-10-6-7-17(21)15-19/h3-10,15-16H,11-14H2,1-2H3. The molecule has 1 aliphatic heterocycles. The lowest BCUT2D eigenvalue weighted by atomic mass is 10.1. The SMILES string of the molecule is CC(C(=O)N(C)c1ccccc1)N1CCN(c2cccc(Cl)c2)CC1. The van der Waals surface area contributed by atoms with Gasteiger partial charge >= 0.3 is 0 Å². The van der Waals surface area contributed by atoms with Crippen LogP contribution in [0.25, 0.3) is 0 Å². The highest BCUT2D eigenvalue weighted by Gasteiger charge is 2.28. The Morgan fingerprint density at radius 2 is 1.72 bits per heavy atom. The minimum absolute atomic E-state index is 0.127. The molecular formula is C20H24ClN3O. The Hall–Kier alpha value is -2.04. The summed E-state index contributed by atoms with van der Waals surface area (Å²) in [5.41, 5.74) is 2.07. The van der Waals surface area contributed by atoms with Crippen LogP contribution in [0.4, 0.5) is 11.4 Å². The first-order chi connectivity index (χ1) is 12.1. The van der Waals surface area contributed by atoms with Gasteiger partial charge in [-0.25, -0.2) is 0 Å². The van der Waals surface area contributed by atoms with Gasteiger partial charge in [0.25, 0.3) is 0 Å². The first kappa shape index (κ1) is 17.8. The molecule has 1 unspecified atom stereocenters. The van der Waals surface area contributed by atoms with E-state index in [0.29, 0.717) is 0 Å². The van der Waals surface area contributed by atoms with Gasteiger partial charge in [0.15, 0.2) is 0 Å². The van der Waals surface area contributed by atoms with Gasteiger partial charge in [-0.3, -0.25) is 9.69 Å². The molecule has 1 atom stereocenters. The number of carbonyl (C=O) groups is 1. The number of halogens is 1. The number of amides is 1. The van der Waals surface area contributed by atoms with E-state index >= 15 is 0 Å². The van der Waals surface area contributed by atoms with E-state index in [0.717, 1.165) is 42.6 Å². The van der Waals surface area contributed by atoms with Gasteiger partial charge in [-0.2, -0.15) is 0 Å². The highest BCUT2D eigenvalue weighted by molar-refractivity contribution is 6.30. The lowest BCUT2D eigenvalue weighted by Crippen LogP contribution is -2.54. The van der Waals surface area contributed by atoms with Crippen LogP contribution in [-0.2, 0) is 4.79 Å². The van der Waals surface area contributed by atoms with Crippen molar-refractivity contribution in [2.75, 3.05) is 43.0 Å². The smallest absolute Gasteiger partial charge is 0.243 e. The van der Waals surface area contributed by atoms with Crippen molar-refractivity contribution in [2.45, 2.75) is 13.0 Å². The van der Waals surface area contributed by atoms with Crippen LogP contribution in [-0.4, -0.2) is 50.1 Å². The zero-order valence-electron chi connectivity index (χ0n) is 14.7. The molecule has 1 fully saturated rings. The molecule has 0 aliphatic carbocycles. The summed E-state index contributed by atoms with van der Waals surface area (Å²) in [4.78, 5) is 19.1. The quantitative estimate of drug-likeness (QED) is 0.837. The second-order valence-corrected chi connectivity index (χ2v) is 6.85. The Morgan fingerprint density at radius 3 is 2.36 bits per heavy atom. The van der Waals surface area contributed by atoms with Crippen LogP contribution >= 0.6 is 11.6 Å². The molecule has 1 aliphatic rings. The maximum atomic E-state index is 12.8. The number of piperazine rings is 1. The molecule has 132 valence electrons. The molecule has 2 aromatic carbocycles. The fourth-order valence-electron chi connectivity index (χ4n) is 3.26. The van der Waals surface area contributed by atoms with E-state index in [-0.39, 0.29) is 11.9 Å². The summed E-state index contributed by atoms with van der Waals surface area (Å²) in [7, 11) is 1.84. The Balaban J connectivity index is 1.59. The van der Waals surface area contributed by atoms with Crippen molar-refractivity contribution in [1.29, 1.82) is 0 Å². The fraction of sp³-hybridized carbons (Fsp3) is 0.350.